The lowest BCUT2D eigenvalue weighted by Gasteiger charge is -2.14. The van der Waals surface area contributed by atoms with E-state index in [4.69, 9.17) is 9.47 Å². The first-order valence-corrected chi connectivity index (χ1v) is 8.70. The number of benzene rings is 1. The number of fused-ring (bicyclic) bond motifs is 1. The van der Waals surface area contributed by atoms with Crippen molar-refractivity contribution in [3.63, 3.8) is 0 Å². The Morgan fingerprint density at radius 3 is 2.61 bits per heavy atom. The summed E-state index contributed by atoms with van der Waals surface area (Å²) >= 11 is 0. The van der Waals surface area contributed by atoms with Crippen molar-refractivity contribution < 1.29 is 9.47 Å². The van der Waals surface area contributed by atoms with Crippen molar-refractivity contribution in [2.45, 2.75) is 6.92 Å². The highest BCUT2D eigenvalue weighted by atomic mass is 16.5. The molecule has 0 saturated heterocycles. The third kappa shape index (κ3) is 3.32. The summed E-state index contributed by atoms with van der Waals surface area (Å²) in [5.41, 5.74) is 4.70. The molecule has 0 bridgehead atoms. The van der Waals surface area contributed by atoms with Crippen LogP contribution in [0.25, 0.3) is 22.4 Å². The number of ether oxygens (including phenoxy) is 2. The summed E-state index contributed by atoms with van der Waals surface area (Å²) in [5, 5.41) is 7.50. The van der Waals surface area contributed by atoms with Gasteiger partial charge < -0.3 is 14.8 Å². The quantitative estimate of drug-likeness (QED) is 0.570. The zero-order valence-corrected chi connectivity index (χ0v) is 16.1. The van der Waals surface area contributed by atoms with Crippen molar-refractivity contribution in [1.29, 1.82) is 0 Å². The lowest BCUT2D eigenvalue weighted by Crippen LogP contribution is -2.00. The van der Waals surface area contributed by atoms with Crippen molar-refractivity contribution in [3.8, 4) is 22.8 Å². The Hall–Kier alpha value is -3.68. The molecule has 0 unspecified atom stereocenters. The lowest BCUT2D eigenvalue weighted by atomic mass is 10.1. The average molecular weight is 376 g/mol. The first kappa shape index (κ1) is 17.7. The van der Waals surface area contributed by atoms with Crippen LogP contribution in [0, 0.1) is 6.92 Å². The lowest BCUT2D eigenvalue weighted by molar-refractivity contribution is 0.393. The van der Waals surface area contributed by atoms with Gasteiger partial charge in [0.2, 0.25) is 0 Å². The summed E-state index contributed by atoms with van der Waals surface area (Å²) in [6, 6.07) is 7.50. The molecule has 28 heavy (non-hydrogen) atoms. The number of rotatable bonds is 5. The third-order valence-corrected chi connectivity index (χ3v) is 4.46. The zero-order chi connectivity index (χ0) is 19.7. The summed E-state index contributed by atoms with van der Waals surface area (Å²) < 4.78 is 12.5. The summed E-state index contributed by atoms with van der Waals surface area (Å²) in [6.45, 7) is 1.97. The highest BCUT2D eigenvalue weighted by Gasteiger charge is 2.11. The van der Waals surface area contributed by atoms with Gasteiger partial charge in [0.15, 0.2) is 5.65 Å². The number of nitrogens with zero attached hydrogens (tertiary/aromatic N) is 5. The van der Waals surface area contributed by atoms with Crippen LogP contribution in [0.1, 0.15) is 5.56 Å². The van der Waals surface area contributed by atoms with E-state index in [0.29, 0.717) is 17.2 Å². The molecule has 8 nitrogen and oxygen atoms in total. The Morgan fingerprint density at radius 2 is 1.89 bits per heavy atom. The van der Waals surface area contributed by atoms with E-state index in [1.807, 2.05) is 44.4 Å². The monoisotopic (exact) mass is 376 g/mol. The van der Waals surface area contributed by atoms with Crippen LogP contribution in [0.5, 0.6) is 11.5 Å². The summed E-state index contributed by atoms with van der Waals surface area (Å²) in [5.74, 6) is 2.09. The predicted octanol–water partition coefficient (Wildman–Crippen LogP) is 3.49. The molecule has 8 heteroatoms. The second-order valence-electron chi connectivity index (χ2n) is 6.32. The number of pyridine rings is 1. The molecular weight excluding hydrogens is 356 g/mol. The van der Waals surface area contributed by atoms with Crippen LogP contribution in [-0.2, 0) is 7.05 Å². The van der Waals surface area contributed by atoms with Gasteiger partial charge in [-0.25, -0.2) is 9.97 Å². The van der Waals surface area contributed by atoms with Crippen molar-refractivity contribution >= 4 is 22.7 Å². The average Bonchev–Trinajstić information content (AvgIpc) is 3.15. The van der Waals surface area contributed by atoms with Crippen molar-refractivity contribution in [2.75, 3.05) is 19.5 Å². The third-order valence-electron chi connectivity index (χ3n) is 4.46. The van der Waals surface area contributed by atoms with Gasteiger partial charge in [-0.15, -0.1) is 0 Å². The minimum atomic E-state index is 0.555. The van der Waals surface area contributed by atoms with Gasteiger partial charge in [-0.1, -0.05) is 0 Å². The maximum absolute atomic E-state index is 5.43. The van der Waals surface area contributed by atoms with Crippen molar-refractivity contribution in [3.05, 3.63) is 48.4 Å². The van der Waals surface area contributed by atoms with Gasteiger partial charge >= 0.3 is 0 Å². The van der Waals surface area contributed by atoms with Gasteiger partial charge in [0.1, 0.15) is 22.8 Å². The standard InChI is InChI=1S/C20H20N6O2/c1-12-16(7-14(27-3)8-18(12)28-4)23-19-6-5-15-20(25-19)24-17(10-21-15)13-9-22-26(2)11-13/h5-11H,1-4H3,(H,23,24,25). The Kier molecular flexibility index (Phi) is 4.52. The van der Waals surface area contributed by atoms with Gasteiger partial charge in [0.05, 0.1) is 32.3 Å². The Morgan fingerprint density at radius 1 is 1.04 bits per heavy atom. The maximum Gasteiger partial charge on any atom is 0.180 e. The second kappa shape index (κ2) is 7.15. The molecule has 0 amide bonds. The predicted molar refractivity (Wildman–Crippen MR) is 107 cm³/mol. The molecule has 0 radical (unpaired) electrons. The van der Waals surface area contributed by atoms with E-state index in [2.05, 4.69) is 25.4 Å². The molecule has 1 aromatic carbocycles. The molecule has 1 N–H and O–H groups in total. The van der Waals surface area contributed by atoms with Crippen LogP contribution in [0.15, 0.2) is 42.9 Å². The topological polar surface area (TPSA) is 87.0 Å². The normalized spacial score (nSPS) is 10.9. The fourth-order valence-electron chi connectivity index (χ4n) is 2.92. The van der Waals surface area contributed by atoms with Crippen LogP contribution in [0.3, 0.4) is 0 Å². The number of aryl methyl sites for hydroxylation is 1. The van der Waals surface area contributed by atoms with E-state index in [-0.39, 0.29) is 0 Å². The number of nitrogens with one attached hydrogen (secondary N) is 1. The number of hydrogen-bond acceptors (Lipinski definition) is 7. The van der Waals surface area contributed by atoms with Crippen LogP contribution in [-0.4, -0.2) is 39.0 Å². The Bertz CT molecular complexity index is 1150. The summed E-state index contributed by atoms with van der Waals surface area (Å²) in [7, 11) is 5.12. The van der Waals surface area contributed by atoms with E-state index in [1.165, 1.54) is 0 Å². The molecule has 0 saturated carbocycles. The molecule has 0 aliphatic heterocycles. The van der Waals surface area contributed by atoms with Gasteiger partial charge in [0, 0.05) is 42.2 Å². The van der Waals surface area contributed by atoms with E-state index >= 15 is 0 Å². The molecule has 0 atom stereocenters. The zero-order valence-electron chi connectivity index (χ0n) is 16.1. The molecule has 0 aliphatic carbocycles. The molecule has 142 valence electrons. The van der Waals surface area contributed by atoms with E-state index in [9.17, 15) is 0 Å². The molecule has 4 rings (SSSR count). The fourth-order valence-corrected chi connectivity index (χ4v) is 2.92. The molecule has 0 fully saturated rings. The number of aromatic nitrogens is 5. The van der Waals surface area contributed by atoms with Crippen molar-refractivity contribution in [1.82, 2.24) is 24.7 Å². The Labute approximate surface area is 162 Å². The van der Waals surface area contributed by atoms with E-state index < -0.39 is 0 Å². The number of anilines is 2. The fraction of sp³-hybridized carbons (Fsp3) is 0.200. The summed E-state index contributed by atoms with van der Waals surface area (Å²) in [4.78, 5) is 13.7. The van der Waals surface area contributed by atoms with Crippen LogP contribution >= 0.6 is 0 Å². The van der Waals surface area contributed by atoms with E-state index in [0.717, 1.165) is 33.8 Å². The SMILES string of the molecule is COc1cc(Nc2ccc3ncc(-c4cnn(C)c4)nc3n2)c(C)c(OC)c1. The first-order chi connectivity index (χ1) is 13.6. The highest BCUT2D eigenvalue weighted by Crippen LogP contribution is 2.33. The Balaban J connectivity index is 1.72. The molecule has 4 aromatic rings. The van der Waals surface area contributed by atoms with Gasteiger partial charge in [0.25, 0.3) is 0 Å². The van der Waals surface area contributed by atoms with Crippen LogP contribution in [0.2, 0.25) is 0 Å². The highest BCUT2D eigenvalue weighted by molar-refractivity contribution is 5.76. The second-order valence-corrected chi connectivity index (χ2v) is 6.32. The first-order valence-electron chi connectivity index (χ1n) is 8.70. The van der Waals surface area contributed by atoms with Gasteiger partial charge in [-0.05, 0) is 19.1 Å². The van der Waals surface area contributed by atoms with Gasteiger partial charge in [-0.3, -0.25) is 9.67 Å². The number of hydrogen-bond donors (Lipinski definition) is 1. The van der Waals surface area contributed by atoms with Gasteiger partial charge in [-0.2, -0.15) is 5.10 Å². The van der Waals surface area contributed by atoms with Crippen LogP contribution < -0.4 is 14.8 Å². The molecule has 3 aromatic heterocycles. The molecule has 0 spiro atoms. The minimum Gasteiger partial charge on any atom is -0.497 e. The van der Waals surface area contributed by atoms with Crippen LogP contribution in [0.4, 0.5) is 11.5 Å². The largest absolute Gasteiger partial charge is 0.497 e. The molecule has 3 heterocycles. The molecule has 0 aliphatic rings. The smallest absolute Gasteiger partial charge is 0.180 e. The molecular formula is C20H20N6O2. The summed E-state index contributed by atoms with van der Waals surface area (Å²) in [6.07, 6.45) is 5.37. The van der Waals surface area contributed by atoms with E-state index in [1.54, 1.807) is 31.3 Å². The number of methoxy groups -OCH3 is 2. The minimum absolute atomic E-state index is 0.555. The maximum atomic E-state index is 5.43. The van der Waals surface area contributed by atoms with Crippen molar-refractivity contribution in [2.24, 2.45) is 7.05 Å².